The molecule has 1 aliphatic carbocycles. The average Bonchev–Trinajstić information content (AvgIpc) is 3.88. The number of hydrogen-bond acceptors (Lipinski definition) is 5. The van der Waals surface area contributed by atoms with E-state index >= 15 is 0 Å². The molecule has 1 aliphatic heterocycles. The molecule has 1 atom stereocenters. The Kier molecular flexibility index (Phi) is 10.1. The number of ether oxygens (including phenoxy) is 1. The summed E-state index contributed by atoms with van der Waals surface area (Å²) in [7, 11) is 0. The van der Waals surface area contributed by atoms with E-state index in [9.17, 15) is 0 Å². The van der Waals surface area contributed by atoms with Gasteiger partial charge in [0.05, 0.1) is 0 Å². The van der Waals surface area contributed by atoms with Gasteiger partial charge in [-0.25, -0.2) is 0 Å². The molecule has 13 rings (SSSR count). The van der Waals surface area contributed by atoms with E-state index in [2.05, 4.69) is 230 Å². The number of rotatable bonds is 7. The first kappa shape index (κ1) is 42.8. The van der Waals surface area contributed by atoms with Crippen molar-refractivity contribution in [2.75, 3.05) is 4.90 Å². The van der Waals surface area contributed by atoms with E-state index in [-0.39, 0.29) is 5.41 Å². The number of anilines is 3. The molecule has 7 aromatic carbocycles. The summed E-state index contributed by atoms with van der Waals surface area (Å²) in [5.74, 6) is 1.89. The first-order chi connectivity index (χ1) is 34.8. The molecule has 0 saturated heterocycles. The molecule has 11 aromatic rings. The third-order valence-corrected chi connectivity index (χ3v) is 15.0. The average molecular weight is 1100 g/mol. The number of hydrogen-bond donors (Lipinski definition) is 0. The summed E-state index contributed by atoms with van der Waals surface area (Å²) in [5, 5.41) is 0. The molecule has 2 aliphatic rings. The molecule has 1 unspecified atom stereocenters. The summed E-state index contributed by atoms with van der Waals surface area (Å²) in [5.41, 5.74) is 17.1. The van der Waals surface area contributed by atoms with E-state index < -0.39 is 5.41 Å². The fraction of sp³-hybridized carbons (Fsp3) is 0.0794. The van der Waals surface area contributed by atoms with Crippen LogP contribution in [-0.4, -0.2) is 24.1 Å². The van der Waals surface area contributed by atoms with Crippen LogP contribution in [0.25, 0.3) is 55.8 Å². The minimum atomic E-state index is -0.785. The molecule has 8 heteroatoms. The molecule has 0 amide bonds. The van der Waals surface area contributed by atoms with E-state index in [4.69, 9.17) is 19.7 Å². The summed E-state index contributed by atoms with van der Waals surface area (Å²) < 4.78 is 12.6. The van der Waals surface area contributed by atoms with Gasteiger partial charge < -0.3 is 0 Å². The van der Waals surface area contributed by atoms with E-state index in [1.165, 1.54) is 5.56 Å². The van der Waals surface area contributed by atoms with Crippen LogP contribution in [0.4, 0.5) is 17.2 Å². The van der Waals surface area contributed by atoms with Crippen molar-refractivity contribution in [3.63, 3.8) is 0 Å². The zero-order valence-corrected chi connectivity index (χ0v) is 41.4. The van der Waals surface area contributed by atoms with E-state index in [1.807, 2.05) is 49.1 Å². The molecule has 1 spiro atoms. The monoisotopic (exact) mass is 1100 g/mol. The van der Waals surface area contributed by atoms with Crippen LogP contribution < -0.4 is 9.64 Å². The van der Waals surface area contributed by atoms with Gasteiger partial charge in [0.1, 0.15) is 0 Å². The minimum absolute atomic E-state index is 0.108. The van der Waals surface area contributed by atoms with E-state index in [0.717, 1.165) is 99.2 Å². The Balaban J connectivity index is 0.979. The van der Waals surface area contributed by atoms with Crippen LogP contribution >= 0.6 is 0 Å². The summed E-state index contributed by atoms with van der Waals surface area (Å²) in [6, 6.07) is 73.5. The predicted octanol–water partition coefficient (Wildman–Crippen LogP) is 14.9. The summed E-state index contributed by atoms with van der Waals surface area (Å²) in [4.78, 5) is 17.2. The quantitative estimate of drug-likeness (QED) is 0.149. The van der Waals surface area contributed by atoms with Crippen LogP contribution in [0.2, 0.25) is 0 Å². The second-order valence-corrected chi connectivity index (χ2v) is 20.0. The van der Waals surface area contributed by atoms with Gasteiger partial charge in [-0.3, -0.25) is 9.97 Å². The van der Waals surface area contributed by atoms with Gasteiger partial charge in [-0.15, -0.1) is 0 Å². The fourth-order valence-electron chi connectivity index (χ4n) is 10.8. The number of fused-ring (bicyclic) bond motifs is 10. The van der Waals surface area contributed by atoms with Crippen molar-refractivity contribution in [1.29, 1.82) is 0 Å². The molecular weight excluding hydrogens is 1050 g/mol. The van der Waals surface area contributed by atoms with Crippen molar-refractivity contribution < 1.29 is 24.1 Å². The van der Waals surface area contributed by atoms with Gasteiger partial charge in [0.15, 0.2) is 0 Å². The Bertz CT molecular complexity index is 3840. The first-order valence-corrected chi connectivity index (χ1v) is 24.9. The van der Waals surface area contributed by atoms with Gasteiger partial charge in [0.25, 0.3) is 0 Å². The van der Waals surface area contributed by atoms with Crippen molar-refractivity contribution in [2.45, 2.75) is 31.6 Å². The Morgan fingerprint density at radius 2 is 1.21 bits per heavy atom. The number of para-hydroxylation sites is 4. The van der Waals surface area contributed by atoms with E-state index in [1.54, 1.807) is 0 Å². The van der Waals surface area contributed by atoms with Crippen molar-refractivity contribution in [2.24, 2.45) is 0 Å². The van der Waals surface area contributed by atoms with Crippen LogP contribution in [0.5, 0.6) is 11.5 Å². The number of benzene rings is 7. The van der Waals surface area contributed by atoms with Gasteiger partial charge in [-0.05, 0) is 34.7 Å². The second-order valence-electron chi connectivity index (χ2n) is 19.0. The Hall–Kier alpha value is -8.25. The fourth-order valence-corrected chi connectivity index (χ4v) is 11.9. The van der Waals surface area contributed by atoms with E-state index in [0.29, 0.717) is 11.5 Å². The van der Waals surface area contributed by atoms with Crippen LogP contribution in [0, 0.1) is 15.9 Å². The molecule has 0 N–H and O–H groups in total. The van der Waals surface area contributed by atoms with Crippen LogP contribution in [0.1, 0.15) is 48.7 Å². The SMILES string of the molecule is CC(C)(C)c1ccnc(N2c3[c-]c(Oc4[c-]c(-n5[c](=[Pt])n(-c6c(-c7ccccc7)cccc6-c6ccccc6)c6ccccc65)ccc4)ccc3C3(c4cnccc4-c4cccnc43)c3ccccc32)c1. The summed E-state index contributed by atoms with van der Waals surface area (Å²) in [6.07, 6.45) is 7.69. The molecular formula is C63H44N6OPt-2. The van der Waals surface area contributed by atoms with Crippen molar-refractivity contribution in [3.8, 4) is 56.3 Å². The maximum absolute atomic E-state index is 6.94. The topological polar surface area (TPSA) is 61.0 Å². The van der Waals surface area contributed by atoms with Crippen molar-refractivity contribution in [3.05, 3.63) is 257 Å². The zero-order chi connectivity index (χ0) is 47.8. The Morgan fingerprint density at radius 3 is 1.97 bits per heavy atom. The van der Waals surface area contributed by atoms with Gasteiger partial charge in [-0.1, -0.05) is 45.0 Å². The molecule has 344 valence electrons. The standard InChI is InChI=1S/C63H44N6O.Pt/c1-62(2,3)44-32-36-65-59(37-44)69-55-27-11-10-26-52(55)63(54-40-64-35-33-50(54)51-25-16-34-66-61(51)63)53-31-30-47(39-58(53)69)70-46-22-14-21-45(38-46)67-41-68(57-29-13-12-28-56(57)67)60-48(42-17-6-4-7-18-42)23-15-24-49(60)43-19-8-5-9-20-43;/h4-37,40H,1-3H3;/q-2;. The Morgan fingerprint density at radius 1 is 0.535 bits per heavy atom. The molecule has 0 fully saturated rings. The molecule has 4 aromatic heterocycles. The van der Waals surface area contributed by atoms with Crippen LogP contribution in [-0.2, 0) is 30.2 Å². The van der Waals surface area contributed by atoms with Gasteiger partial charge in [0, 0.05) is 30.4 Å². The molecule has 71 heavy (non-hydrogen) atoms. The molecule has 0 saturated carbocycles. The third kappa shape index (κ3) is 6.75. The van der Waals surface area contributed by atoms with Gasteiger partial charge in [0.2, 0.25) is 0 Å². The number of aromatic nitrogens is 5. The second kappa shape index (κ2) is 16.7. The van der Waals surface area contributed by atoms with Gasteiger partial charge >= 0.3 is 306 Å². The normalized spacial score (nSPS) is 14.5. The summed E-state index contributed by atoms with van der Waals surface area (Å²) >= 11 is 2.48. The predicted molar refractivity (Wildman–Crippen MR) is 279 cm³/mol. The molecule has 7 nitrogen and oxygen atoms in total. The van der Waals surface area contributed by atoms with Crippen molar-refractivity contribution >= 4 is 28.2 Å². The molecule has 5 heterocycles. The molecule has 0 bridgehead atoms. The first-order valence-electron chi connectivity index (χ1n) is 23.7. The summed E-state index contributed by atoms with van der Waals surface area (Å²) in [6.45, 7) is 6.70. The maximum atomic E-state index is 6.94. The number of pyridine rings is 3. The number of imidazole rings is 1. The van der Waals surface area contributed by atoms with Crippen molar-refractivity contribution in [1.82, 2.24) is 24.1 Å². The molecule has 0 radical (unpaired) electrons. The number of nitrogens with zero attached hydrogens (tertiary/aromatic N) is 6. The zero-order valence-electron chi connectivity index (χ0n) is 39.1. The Labute approximate surface area is 423 Å². The van der Waals surface area contributed by atoms with Crippen LogP contribution in [0.15, 0.2) is 213 Å². The third-order valence-electron chi connectivity index (χ3n) is 13.9. The van der Waals surface area contributed by atoms with Crippen LogP contribution in [0.3, 0.4) is 0 Å². The van der Waals surface area contributed by atoms with Gasteiger partial charge in [-0.2, -0.15) is 0 Å².